The van der Waals surface area contributed by atoms with Crippen LogP contribution in [0.5, 0.6) is 0 Å². The molecular formula is C13H16N4O. The SMILES string of the molecule is CNc1cc(-c2ccc(CN)cc2)nn(C)c1=O. The van der Waals surface area contributed by atoms with Crippen molar-refractivity contribution in [3.63, 3.8) is 0 Å². The molecule has 2 aromatic rings. The molecule has 0 radical (unpaired) electrons. The fourth-order valence-corrected chi connectivity index (χ4v) is 1.74. The highest BCUT2D eigenvalue weighted by molar-refractivity contribution is 5.63. The third-order valence-corrected chi connectivity index (χ3v) is 2.82. The minimum absolute atomic E-state index is 0.139. The van der Waals surface area contributed by atoms with Crippen LogP contribution in [0.15, 0.2) is 35.1 Å². The smallest absolute Gasteiger partial charge is 0.289 e. The van der Waals surface area contributed by atoms with E-state index < -0.39 is 0 Å². The van der Waals surface area contributed by atoms with E-state index in [0.29, 0.717) is 12.2 Å². The predicted octanol–water partition coefficient (Wildman–Crippen LogP) is 0.948. The molecule has 0 aliphatic heterocycles. The topological polar surface area (TPSA) is 72.9 Å². The van der Waals surface area contributed by atoms with E-state index in [1.54, 1.807) is 20.2 Å². The summed E-state index contributed by atoms with van der Waals surface area (Å²) in [4.78, 5) is 11.7. The van der Waals surface area contributed by atoms with Crippen molar-refractivity contribution >= 4 is 5.69 Å². The Morgan fingerprint density at radius 3 is 2.56 bits per heavy atom. The van der Waals surface area contributed by atoms with Gasteiger partial charge < -0.3 is 11.1 Å². The first kappa shape index (κ1) is 12.3. The van der Waals surface area contributed by atoms with Gasteiger partial charge >= 0.3 is 0 Å². The highest BCUT2D eigenvalue weighted by Crippen LogP contribution is 2.18. The number of nitrogens with one attached hydrogen (secondary N) is 1. The van der Waals surface area contributed by atoms with Crippen molar-refractivity contribution in [2.45, 2.75) is 6.54 Å². The zero-order valence-electron chi connectivity index (χ0n) is 10.5. The van der Waals surface area contributed by atoms with Crippen LogP contribution in [0, 0.1) is 0 Å². The highest BCUT2D eigenvalue weighted by Gasteiger charge is 2.06. The lowest BCUT2D eigenvalue weighted by Crippen LogP contribution is -2.22. The first-order valence-corrected chi connectivity index (χ1v) is 5.71. The number of hydrogen-bond donors (Lipinski definition) is 2. The van der Waals surface area contributed by atoms with Gasteiger partial charge in [-0.05, 0) is 11.6 Å². The van der Waals surface area contributed by atoms with Crippen LogP contribution in [-0.4, -0.2) is 16.8 Å². The predicted molar refractivity (Wildman–Crippen MR) is 72.4 cm³/mol. The molecule has 0 unspecified atom stereocenters. The molecule has 1 aromatic carbocycles. The molecule has 94 valence electrons. The van der Waals surface area contributed by atoms with Crippen molar-refractivity contribution in [1.29, 1.82) is 0 Å². The van der Waals surface area contributed by atoms with E-state index in [9.17, 15) is 4.79 Å². The van der Waals surface area contributed by atoms with E-state index in [-0.39, 0.29) is 5.56 Å². The largest absolute Gasteiger partial charge is 0.384 e. The van der Waals surface area contributed by atoms with Gasteiger partial charge in [-0.1, -0.05) is 24.3 Å². The van der Waals surface area contributed by atoms with Crippen LogP contribution in [0.4, 0.5) is 5.69 Å². The van der Waals surface area contributed by atoms with Crippen molar-refractivity contribution in [2.75, 3.05) is 12.4 Å². The standard InChI is InChI=1S/C13H16N4O/c1-15-12-7-11(16-17(2)13(12)18)10-5-3-9(8-14)4-6-10/h3-7,15H,8,14H2,1-2H3. The van der Waals surface area contributed by atoms with Crippen molar-refractivity contribution < 1.29 is 0 Å². The molecule has 5 heteroatoms. The fraction of sp³-hybridized carbons (Fsp3) is 0.231. The van der Waals surface area contributed by atoms with Gasteiger partial charge in [0, 0.05) is 26.2 Å². The molecule has 3 N–H and O–H groups in total. The van der Waals surface area contributed by atoms with E-state index in [0.717, 1.165) is 16.8 Å². The van der Waals surface area contributed by atoms with Crippen LogP contribution in [0.2, 0.25) is 0 Å². The van der Waals surface area contributed by atoms with Crippen LogP contribution in [0.3, 0.4) is 0 Å². The molecule has 0 bridgehead atoms. The molecule has 2 rings (SSSR count). The monoisotopic (exact) mass is 244 g/mol. The van der Waals surface area contributed by atoms with Crippen molar-refractivity contribution in [3.05, 3.63) is 46.2 Å². The Bertz CT molecular complexity index is 601. The van der Waals surface area contributed by atoms with Gasteiger partial charge in [0.1, 0.15) is 5.69 Å². The van der Waals surface area contributed by atoms with E-state index in [1.165, 1.54) is 4.68 Å². The third kappa shape index (κ3) is 2.26. The average molecular weight is 244 g/mol. The fourth-order valence-electron chi connectivity index (χ4n) is 1.74. The van der Waals surface area contributed by atoms with Crippen LogP contribution in [-0.2, 0) is 13.6 Å². The molecule has 0 aliphatic rings. The normalized spacial score (nSPS) is 10.4. The Kier molecular flexibility index (Phi) is 3.43. The first-order chi connectivity index (χ1) is 8.65. The van der Waals surface area contributed by atoms with Gasteiger partial charge in [-0.3, -0.25) is 4.79 Å². The van der Waals surface area contributed by atoms with Crippen LogP contribution < -0.4 is 16.6 Å². The molecule has 0 aliphatic carbocycles. The Morgan fingerprint density at radius 2 is 2.00 bits per heavy atom. The Balaban J connectivity index is 2.50. The summed E-state index contributed by atoms with van der Waals surface area (Å²) in [5, 5.41) is 7.12. The molecule has 0 fully saturated rings. The molecule has 0 amide bonds. The average Bonchev–Trinajstić information content (AvgIpc) is 2.42. The van der Waals surface area contributed by atoms with Crippen molar-refractivity contribution in [2.24, 2.45) is 12.8 Å². The molecule has 0 spiro atoms. The number of anilines is 1. The second-order valence-corrected chi connectivity index (χ2v) is 4.02. The van der Waals surface area contributed by atoms with Gasteiger partial charge in [-0.25, -0.2) is 4.68 Å². The lowest BCUT2D eigenvalue weighted by molar-refractivity contribution is 0.714. The number of aryl methyl sites for hydroxylation is 1. The van der Waals surface area contributed by atoms with E-state index in [4.69, 9.17) is 5.73 Å². The summed E-state index contributed by atoms with van der Waals surface area (Å²) in [5.41, 5.74) is 8.73. The van der Waals surface area contributed by atoms with Gasteiger partial charge in [-0.2, -0.15) is 5.10 Å². The van der Waals surface area contributed by atoms with Gasteiger partial charge in [0.25, 0.3) is 5.56 Å². The maximum Gasteiger partial charge on any atom is 0.289 e. The molecule has 18 heavy (non-hydrogen) atoms. The number of aromatic nitrogens is 2. The molecular weight excluding hydrogens is 228 g/mol. The summed E-state index contributed by atoms with van der Waals surface area (Å²) >= 11 is 0. The highest BCUT2D eigenvalue weighted by atomic mass is 16.1. The van der Waals surface area contributed by atoms with Crippen molar-refractivity contribution in [1.82, 2.24) is 9.78 Å². The third-order valence-electron chi connectivity index (χ3n) is 2.82. The van der Waals surface area contributed by atoms with Gasteiger partial charge in [-0.15, -0.1) is 0 Å². The summed E-state index contributed by atoms with van der Waals surface area (Å²) in [5.74, 6) is 0. The summed E-state index contributed by atoms with van der Waals surface area (Å²) in [6.45, 7) is 0.517. The number of hydrogen-bond acceptors (Lipinski definition) is 4. The zero-order chi connectivity index (χ0) is 13.1. The summed E-state index contributed by atoms with van der Waals surface area (Å²) in [6, 6.07) is 9.57. The quantitative estimate of drug-likeness (QED) is 0.843. The molecule has 1 aromatic heterocycles. The Labute approximate surface area is 105 Å². The van der Waals surface area contributed by atoms with Crippen LogP contribution in [0.25, 0.3) is 11.3 Å². The van der Waals surface area contributed by atoms with E-state index >= 15 is 0 Å². The minimum Gasteiger partial charge on any atom is -0.384 e. The minimum atomic E-state index is -0.139. The molecule has 0 saturated heterocycles. The van der Waals surface area contributed by atoms with Gasteiger partial charge in [0.05, 0.1) is 5.69 Å². The van der Waals surface area contributed by atoms with E-state index in [2.05, 4.69) is 10.4 Å². The van der Waals surface area contributed by atoms with E-state index in [1.807, 2.05) is 24.3 Å². The van der Waals surface area contributed by atoms with Gasteiger partial charge in [0.15, 0.2) is 0 Å². The molecule has 0 saturated carbocycles. The zero-order valence-corrected chi connectivity index (χ0v) is 10.5. The maximum absolute atomic E-state index is 11.7. The van der Waals surface area contributed by atoms with Crippen LogP contribution in [0.1, 0.15) is 5.56 Å². The van der Waals surface area contributed by atoms with Gasteiger partial charge in [0.2, 0.25) is 0 Å². The summed E-state index contributed by atoms with van der Waals surface area (Å²) in [7, 11) is 3.36. The second-order valence-electron chi connectivity index (χ2n) is 4.02. The lowest BCUT2D eigenvalue weighted by Gasteiger charge is -2.07. The number of nitrogens with two attached hydrogens (primary N) is 1. The number of nitrogens with zero attached hydrogens (tertiary/aromatic N) is 2. The van der Waals surface area contributed by atoms with Crippen LogP contribution >= 0.6 is 0 Å². The molecule has 1 heterocycles. The number of rotatable bonds is 3. The molecule has 5 nitrogen and oxygen atoms in total. The molecule has 0 atom stereocenters. The summed E-state index contributed by atoms with van der Waals surface area (Å²) < 4.78 is 1.33. The Morgan fingerprint density at radius 1 is 1.33 bits per heavy atom. The first-order valence-electron chi connectivity index (χ1n) is 5.71. The summed E-state index contributed by atoms with van der Waals surface area (Å²) in [6.07, 6.45) is 0. The maximum atomic E-state index is 11.7. The second kappa shape index (κ2) is 5.01. The number of benzene rings is 1. The van der Waals surface area contributed by atoms with Crippen molar-refractivity contribution in [3.8, 4) is 11.3 Å². The Hall–Kier alpha value is -2.14. The lowest BCUT2D eigenvalue weighted by atomic mass is 10.1.